The SMILES string of the molecule is Cc1ccc2cccc(O)c2n1.Cc1ccc2cccc(O)c2n1.Oc1ccccc1.[Ga]. The molecule has 0 saturated heterocycles. The molecule has 32 heavy (non-hydrogen) atoms. The Kier molecular flexibility index (Phi) is 9.13. The quantitative estimate of drug-likeness (QED) is 0.254. The normalized spacial score (nSPS) is 9.69. The summed E-state index contributed by atoms with van der Waals surface area (Å²) in [4.78, 5) is 8.45. The Labute approximate surface area is 200 Å². The third-order valence-electron chi connectivity index (χ3n) is 4.43. The van der Waals surface area contributed by atoms with Crippen LogP contribution in [0.4, 0.5) is 0 Å². The van der Waals surface area contributed by atoms with E-state index in [1.807, 2.05) is 68.4 Å². The second-order valence-corrected chi connectivity index (χ2v) is 6.94. The standard InChI is InChI=1S/2C10H9NO.C6H6O.Ga/c2*1-7-5-6-8-3-2-4-9(12)10(8)11-7;7-6-4-2-1-3-5-6;/h2*2-6,12H,1H3;1-5,7H;. The molecule has 0 aliphatic heterocycles. The number of pyridine rings is 2. The van der Waals surface area contributed by atoms with Crippen molar-refractivity contribution >= 4 is 41.6 Å². The predicted octanol–water partition coefficient (Wildman–Crippen LogP) is 5.51. The van der Waals surface area contributed by atoms with Crippen LogP contribution in [0.2, 0.25) is 0 Å². The van der Waals surface area contributed by atoms with Crippen molar-refractivity contribution in [3.05, 3.63) is 102 Å². The van der Waals surface area contributed by atoms with Crippen LogP contribution in [-0.4, -0.2) is 45.1 Å². The number of fused-ring (bicyclic) bond motifs is 2. The molecule has 5 nitrogen and oxygen atoms in total. The summed E-state index contributed by atoms with van der Waals surface area (Å²) in [5, 5.41) is 29.4. The number of aromatic hydroxyl groups is 3. The summed E-state index contributed by atoms with van der Waals surface area (Å²) in [6.07, 6.45) is 0. The van der Waals surface area contributed by atoms with Crippen molar-refractivity contribution in [3.63, 3.8) is 0 Å². The van der Waals surface area contributed by atoms with Gasteiger partial charge in [0.1, 0.15) is 28.3 Å². The van der Waals surface area contributed by atoms with Gasteiger partial charge in [-0.1, -0.05) is 54.6 Å². The van der Waals surface area contributed by atoms with E-state index in [2.05, 4.69) is 9.97 Å². The minimum Gasteiger partial charge on any atom is -0.508 e. The number of nitrogens with zero attached hydrogens (tertiary/aromatic N) is 2. The van der Waals surface area contributed by atoms with Crippen LogP contribution in [0.15, 0.2) is 91.0 Å². The van der Waals surface area contributed by atoms with Crippen molar-refractivity contribution in [3.8, 4) is 17.2 Å². The van der Waals surface area contributed by atoms with Gasteiger partial charge in [0, 0.05) is 42.0 Å². The summed E-state index contributed by atoms with van der Waals surface area (Å²) < 4.78 is 0. The fourth-order valence-electron chi connectivity index (χ4n) is 2.89. The van der Waals surface area contributed by atoms with Crippen molar-refractivity contribution in [1.29, 1.82) is 0 Å². The van der Waals surface area contributed by atoms with Crippen LogP contribution in [0.3, 0.4) is 0 Å². The Morgan fingerprint density at radius 3 is 1.31 bits per heavy atom. The average molecular weight is 482 g/mol. The molecule has 0 amide bonds. The molecule has 159 valence electrons. The molecule has 2 heterocycles. The first-order chi connectivity index (χ1) is 14.9. The van der Waals surface area contributed by atoms with Crippen LogP contribution in [-0.2, 0) is 0 Å². The maximum absolute atomic E-state index is 9.43. The molecule has 5 rings (SSSR count). The largest absolute Gasteiger partial charge is 0.508 e. The van der Waals surface area contributed by atoms with Gasteiger partial charge < -0.3 is 15.3 Å². The molecule has 3 N–H and O–H groups in total. The van der Waals surface area contributed by atoms with Crippen LogP contribution >= 0.6 is 0 Å². The van der Waals surface area contributed by atoms with Crippen molar-refractivity contribution in [2.75, 3.05) is 0 Å². The summed E-state index contributed by atoms with van der Waals surface area (Å²) in [6, 6.07) is 27.3. The number of rotatable bonds is 0. The monoisotopic (exact) mass is 481 g/mol. The Morgan fingerprint density at radius 1 is 0.500 bits per heavy atom. The fraction of sp³-hybridized carbons (Fsp3) is 0.0769. The van der Waals surface area contributed by atoms with E-state index >= 15 is 0 Å². The van der Waals surface area contributed by atoms with Crippen molar-refractivity contribution in [2.45, 2.75) is 13.8 Å². The molecular formula is C26H24GaN2O3. The zero-order chi connectivity index (χ0) is 22.2. The van der Waals surface area contributed by atoms with Gasteiger partial charge in [0.2, 0.25) is 0 Å². The van der Waals surface area contributed by atoms with Crippen LogP contribution in [0.25, 0.3) is 21.8 Å². The van der Waals surface area contributed by atoms with E-state index in [4.69, 9.17) is 5.11 Å². The molecule has 6 heteroatoms. The molecule has 0 spiro atoms. The minimum absolute atomic E-state index is 0. The van der Waals surface area contributed by atoms with Gasteiger partial charge in [-0.05, 0) is 50.2 Å². The smallest absolute Gasteiger partial charge is 0.141 e. The molecule has 3 radical (unpaired) electrons. The minimum atomic E-state index is 0. The Hall–Kier alpha value is -3.48. The van der Waals surface area contributed by atoms with Crippen LogP contribution < -0.4 is 0 Å². The van der Waals surface area contributed by atoms with E-state index in [1.165, 1.54) is 0 Å². The molecule has 0 fully saturated rings. The molecule has 3 aromatic carbocycles. The summed E-state index contributed by atoms with van der Waals surface area (Å²) >= 11 is 0. The van der Waals surface area contributed by atoms with Crippen LogP contribution in [0, 0.1) is 13.8 Å². The first kappa shape index (κ1) is 24.8. The number of phenols is 3. The molecule has 0 aliphatic carbocycles. The molecule has 2 aromatic heterocycles. The van der Waals surface area contributed by atoms with Crippen molar-refractivity contribution < 1.29 is 15.3 Å². The summed E-state index contributed by atoms with van der Waals surface area (Å²) in [5.74, 6) is 0.815. The van der Waals surface area contributed by atoms with Gasteiger partial charge in [0.25, 0.3) is 0 Å². The molecular weight excluding hydrogens is 458 g/mol. The third-order valence-corrected chi connectivity index (χ3v) is 4.43. The van der Waals surface area contributed by atoms with E-state index in [9.17, 15) is 10.2 Å². The molecule has 0 bridgehead atoms. The number of hydrogen-bond donors (Lipinski definition) is 3. The van der Waals surface area contributed by atoms with Gasteiger partial charge in [0.05, 0.1) is 0 Å². The molecule has 0 atom stereocenters. The first-order valence-electron chi connectivity index (χ1n) is 9.79. The summed E-state index contributed by atoms with van der Waals surface area (Å²) in [5.41, 5.74) is 3.20. The maximum Gasteiger partial charge on any atom is 0.141 e. The van der Waals surface area contributed by atoms with Gasteiger partial charge in [-0.15, -0.1) is 0 Å². The number of para-hydroxylation sites is 3. The Bertz CT molecular complexity index is 1210. The van der Waals surface area contributed by atoms with Gasteiger partial charge in [-0.2, -0.15) is 0 Å². The van der Waals surface area contributed by atoms with Crippen LogP contribution in [0.1, 0.15) is 11.4 Å². The van der Waals surface area contributed by atoms with E-state index in [0.29, 0.717) is 16.8 Å². The number of aryl methyl sites for hydroxylation is 2. The summed E-state index contributed by atoms with van der Waals surface area (Å²) in [7, 11) is 0. The molecule has 0 saturated carbocycles. The predicted molar refractivity (Wildman–Crippen MR) is 130 cm³/mol. The zero-order valence-electron chi connectivity index (χ0n) is 18.0. The number of hydrogen-bond acceptors (Lipinski definition) is 5. The average Bonchev–Trinajstić information content (AvgIpc) is 2.77. The number of phenolic OH excluding ortho intramolecular Hbond substituents is 3. The van der Waals surface area contributed by atoms with Crippen molar-refractivity contribution in [2.24, 2.45) is 0 Å². The number of aromatic nitrogens is 2. The fourth-order valence-corrected chi connectivity index (χ4v) is 2.89. The van der Waals surface area contributed by atoms with Gasteiger partial charge >= 0.3 is 0 Å². The second kappa shape index (κ2) is 11.8. The Balaban J connectivity index is 0.000000174. The van der Waals surface area contributed by atoms with E-state index < -0.39 is 0 Å². The van der Waals surface area contributed by atoms with E-state index in [-0.39, 0.29) is 31.3 Å². The van der Waals surface area contributed by atoms with Gasteiger partial charge in [-0.25, -0.2) is 9.97 Å². The first-order valence-corrected chi connectivity index (χ1v) is 9.79. The second-order valence-electron chi connectivity index (χ2n) is 6.94. The summed E-state index contributed by atoms with van der Waals surface area (Å²) in [6.45, 7) is 3.82. The van der Waals surface area contributed by atoms with E-state index in [1.54, 1.807) is 36.4 Å². The van der Waals surface area contributed by atoms with Crippen LogP contribution in [0.5, 0.6) is 17.2 Å². The molecule has 0 unspecified atom stereocenters. The zero-order valence-corrected chi connectivity index (χ0v) is 20.4. The topological polar surface area (TPSA) is 86.5 Å². The van der Waals surface area contributed by atoms with Gasteiger partial charge in [0.15, 0.2) is 0 Å². The molecule has 0 aliphatic rings. The Morgan fingerprint density at radius 2 is 0.938 bits per heavy atom. The maximum atomic E-state index is 9.43. The number of benzene rings is 3. The van der Waals surface area contributed by atoms with E-state index in [0.717, 1.165) is 22.2 Å². The van der Waals surface area contributed by atoms with Gasteiger partial charge in [-0.3, -0.25) is 0 Å². The van der Waals surface area contributed by atoms with Crippen molar-refractivity contribution in [1.82, 2.24) is 9.97 Å². The third kappa shape index (κ3) is 6.77. The molecule has 5 aromatic rings.